The van der Waals surface area contributed by atoms with Gasteiger partial charge in [0.05, 0.1) is 5.92 Å². The number of hydrogen-bond acceptors (Lipinski definition) is 6. The van der Waals surface area contributed by atoms with E-state index in [9.17, 15) is 17.6 Å². The monoisotopic (exact) mass is 432 g/mol. The minimum Gasteiger partial charge on any atom is -0.487 e. The summed E-state index contributed by atoms with van der Waals surface area (Å²) in [5, 5.41) is 0. The van der Waals surface area contributed by atoms with Gasteiger partial charge in [-0.2, -0.15) is 8.42 Å². The Kier molecular flexibility index (Phi) is 5.72. The lowest BCUT2D eigenvalue weighted by Gasteiger charge is -2.32. The third-order valence-corrected chi connectivity index (χ3v) is 6.49. The Morgan fingerprint density at radius 3 is 2.53 bits per heavy atom. The van der Waals surface area contributed by atoms with Crippen molar-refractivity contribution in [2.45, 2.75) is 17.7 Å². The molecule has 1 fully saturated rings. The van der Waals surface area contributed by atoms with Gasteiger partial charge in [-0.1, -0.05) is 24.3 Å². The number of likely N-dealkylation sites (tertiary alicyclic amines) is 1. The summed E-state index contributed by atoms with van der Waals surface area (Å²) in [6, 6.07) is 12.8. The maximum absolute atomic E-state index is 13.5. The van der Waals surface area contributed by atoms with Crippen LogP contribution in [0.25, 0.3) is 0 Å². The van der Waals surface area contributed by atoms with Gasteiger partial charge in [0.2, 0.25) is 0 Å². The molecule has 2 heterocycles. The van der Waals surface area contributed by atoms with Crippen LogP contribution in [-0.4, -0.2) is 51.4 Å². The van der Waals surface area contributed by atoms with E-state index in [1.807, 2.05) is 4.90 Å². The molecule has 4 rings (SSSR count). The molecule has 1 saturated heterocycles. The van der Waals surface area contributed by atoms with Crippen LogP contribution in [0.5, 0.6) is 5.75 Å². The zero-order valence-electron chi connectivity index (χ0n) is 16.2. The first-order chi connectivity index (χ1) is 14.5. The van der Waals surface area contributed by atoms with Crippen molar-refractivity contribution in [1.82, 2.24) is 4.90 Å². The number of carbonyl (C=O) groups is 1. The summed E-state index contributed by atoms with van der Waals surface area (Å²) in [6.45, 7) is 1.12. The average Bonchev–Trinajstić information content (AvgIpc) is 3.03. The highest BCUT2D eigenvalue weighted by Crippen LogP contribution is 2.29. The molecule has 0 unspecified atom stereocenters. The molecule has 0 amide bonds. The van der Waals surface area contributed by atoms with Crippen LogP contribution in [0.3, 0.4) is 0 Å². The molecule has 0 N–H and O–H groups in total. The molecule has 0 saturated carbocycles. The molecule has 158 valence electrons. The third kappa shape index (κ3) is 4.16. The van der Waals surface area contributed by atoms with E-state index in [0.717, 1.165) is 0 Å². The molecule has 0 aromatic heterocycles. The van der Waals surface area contributed by atoms with E-state index in [2.05, 4.69) is 4.40 Å². The van der Waals surface area contributed by atoms with Crippen LogP contribution < -0.4 is 4.74 Å². The van der Waals surface area contributed by atoms with E-state index in [1.54, 1.807) is 36.4 Å². The van der Waals surface area contributed by atoms with Crippen LogP contribution in [0.2, 0.25) is 0 Å². The minimum absolute atomic E-state index is 0.0334. The van der Waals surface area contributed by atoms with E-state index in [4.69, 9.17) is 9.47 Å². The fourth-order valence-corrected chi connectivity index (χ4v) is 4.84. The van der Waals surface area contributed by atoms with Crippen molar-refractivity contribution < 1.29 is 27.1 Å². The number of esters is 1. The first-order valence-electron chi connectivity index (χ1n) is 9.69. The number of nitrogens with zero attached hydrogens (tertiary/aromatic N) is 2. The lowest BCUT2D eigenvalue weighted by Crippen LogP contribution is -2.40. The number of carbonyl (C=O) groups excluding carboxylic acids is 1. The number of rotatable bonds is 5. The van der Waals surface area contributed by atoms with Crippen molar-refractivity contribution in [3.8, 4) is 5.75 Å². The van der Waals surface area contributed by atoms with Gasteiger partial charge in [-0.25, -0.2) is 4.39 Å². The predicted molar refractivity (Wildman–Crippen MR) is 107 cm³/mol. The highest BCUT2D eigenvalue weighted by Gasteiger charge is 2.34. The number of benzene rings is 2. The van der Waals surface area contributed by atoms with E-state index >= 15 is 0 Å². The first-order valence-corrected chi connectivity index (χ1v) is 11.1. The lowest BCUT2D eigenvalue weighted by atomic mass is 9.96. The summed E-state index contributed by atoms with van der Waals surface area (Å²) in [5.74, 6) is -0.503. The summed E-state index contributed by atoms with van der Waals surface area (Å²) < 4.78 is 52.4. The van der Waals surface area contributed by atoms with Gasteiger partial charge < -0.3 is 14.4 Å². The molecule has 0 atom stereocenters. The third-order valence-electron chi connectivity index (χ3n) is 5.16. The van der Waals surface area contributed by atoms with Crippen molar-refractivity contribution in [3.05, 3.63) is 59.9 Å². The molecular formula is C21H21FN2O5S. The Morgan fingerprint density at radius 1 is 1.07 bits per heavy atom. The van der Waals surface area contributed by atoms with Crippen LogP contribution in [0.4, 0.5) is 4.39 Å². The maximum Gasteiger partial charge on any atom is 0.309 e. The number of sulfonamides is 1. The van der Waals surface area contributed by atoms with E-state index in [1.165, 1.54) is 12.1 Å². The Labute approximate surface area is 174 Å². The summed E-state index contributed by atoms with van der Waals surface area (Å²) in [6.07, 6.45) is 1.07. The second kappa shape index (κ2) is 8.43. The molecule has 0 radical (unpaired) electrons. The van der Waals surface area contributed by atoms with Crippen molar-refractivity contribution in [2.24, 2.45) is 10.3 Å². The number of amidine groups is 1. The van der Waals surface area contributed by atoms with Crippen LogP contribution in [0.15, 0.2) is 57.8 Å². The molecule has 2 aromatic carbocycles. The minimum atomic E-state index is -3.66. The molecule has 0 spiro atoms. The lowest BCUT2D eigenvalue weighted by molar-refractivity contribution is -0.150. The highest BCUT2D eigenvalue weighted by molar-refractivity contribution is 7.90. The molecule has 30 heavy (non-hydrogen) atoms. The normalized spacial score (nSPS) is 17.9. The van der Waals surface area contributed by atoms with E-state index in [-0.39, 0.29) is 35.7 Å². The van der Waals surface area contributed by atoms with Gasteiger partial charge >= 0.3 is 5.97 Å². The van der Waals surface area contributed by atoms with Gasteiger partial charge in [-0.3, -0.25) is 4.79 Å². The number of piperidine rings is 1. The van der Waals surface area contributed by atoms with Gasteiger partial charge in [0.15, 0.2) is 17.4 Å². The van der Waals surface area contributed by atoms with Gasteiger partial charge in [-0.15, -0.1) is 4.40 Å². The largest absolute Gasteiger partial charge is 0.487 e. The number of fused-ring (bicyclic) bond motifs is 1. The van der Waals surface area contributed by atoms with Crippen LogP contribution in [-0.2, 0) is 19.6 Å². The van der Waals surface area contributed by atoms with Gasteiger partial charge in [0.1, 0.15) is 18.1 Å². The summed E-state index contributed by atoms with van der Waals surface area (Å²) >= 11 is 0. The van der Waals surface area contributed by atoms with Crippen molar-refractivity contribution >= 4 is 21.8 Å². The molecule has 2 aliphatic rings. The van der Waals surface area contributed by atoms with E-state index < -0.39 is 15.8 Å². The van der Waals surface area contributed by atoms with E-state index in [0.29, 0.717) is 37.3 Å². The van der Waals surface area contributed by atoms with Crippen LogP contribution in [0.1, 0.15) is 18.4 Å². The second-order valence-corrected chi connectivity index (χ2v) is 8.67. The summed E-state index contributed by atoms with van der Waals surface area (Å²) in [7, 11) is -3.66. The molecule has 2 aromatic rings. The van der Waals surface area contributed by atoms with Gasteiger partial charge in [-0.05, 0) is 37.1 Å². The van der Waals surface area contributed by atoms with Crippen molar-refractivity contribution in [3.63, 3.8) is 0 Å². The summed E-state index contributed by atoms with van der Waals surface area (Å²) in [4.78, 5) is 14.4. The topological polar surface area (TPSA) is 85.3 Å². The average molecular weight is 432 g/mol. The van der Waals surface area contributed by atoms with Gasteiger partial charge in [0.25, 0.3) is 10.0 Å². The quantitative estimate of drug-likeness (QED) is 0.533. The Morgan fingerprint density at radius 2 is 1.77 bits per heavy atom. The molecule has 0 bridgehead atoms. The van der Waals surface area contributed by atoms with Crippen LogP contribution in [0, 0.1) is 11.7 Å². The fraction of sp³-hybridized carbons (Fsp3) is 0.333. The molecular weight excluding hydrogens is 411 g/mol. The Bertz CT molecular complexity index is 1080. The number of para-hydroxylation sites is 1. The van der Waals surface area contributed by atoms with Gasteiger partial charge in [0, 0.05) is 18.7 Å². The molecule has 2 aliphatic heterocycles. The second-order valence-electron chi connectivity index (χ2n) is 7.09. The molecule has 9 heteroatoms. The fourth-order valence-electron chi connectivity index (χ4n) is 3.62. The molecule has 7 nitrogen and oxygen atoms in total. The van der Waals surface area contributed by atoms with Crippen molar-refractivity contribution in [1.29, 1.82) is 0 Å². The first kappa shape index (κ1) is 20.3. The zero-order valence-corrected chi connectivity index (χ0v) is 17.0. The standard InChI is InChI=1S/C21H21FN2O5S/c22-17-6-2-3-7-18(17)28-13-14-29-21(25)15-9-11-24(12-10-15)20-16-5-1-4-8-19(16)30(26,27)23-20/h1-8,15H,9-14H2. The molecule has 0 aliphatic carbocycles. The number of ether oxygens (including phenoxy) is 2. The van der Waals surface area contributed by atoms with Crippen molar-refractivity contribution in [2.75, 3.05) is 26.3 Å². The number of halogens is 1. The maximum atomic E-state index is 13.5. The SMILES string of the molecule is O=C(OCCOc1ccccc1F)C1CCN(C2=NS(=O)(=O)c3ccccc32)CC1. The zero-order chi connectivity index (χ0) is 21.1. The predicted octanol–water partition coefficient (Wildman–Crippen LogP) is 2.61. The smallest absolute Gasteiger partial charge is 0.309 e. The number of hydrogen-bond donors (Lipinski definition) is 0. The highest BCUT2D eigenvalue weighted by atomic mass is 32.2. The van der Waals surface area contributed by atoms with Crippen LogP contribution >= 0.6 is 0 Å². The Hall–Kier alpha value is -2.94. The summed E-state index contributed by atoms with van der Waals surface area (Å²) in [5.41, 5.74) is 0.601. The Balaban J connectivity index is 1.27.